The number of aromatic hydroxyl groups is 3. The van der Waals surface area contributed by atoms with Gasteiger partial charge in [0.15, 0.2) is 23.5 Å². The summed E-state index contributed by atoms with van der Waals surface area (Å²) in [6.45, 7) is 0.901. The summed E-state index contributed by atoms with van der Waals surface area (Å²) in [5, 5.41) is 93.0. The molecule has 2 aliphatic rings. The van der Waals surface area contributed by atoms with Gasteiger partial charge in [0, 0.05) is 24.8 Å². The summed E-state index contributed by atoms with van der Waals surface area (Å²) in [6, 6.07) is 5.21. The third-order valence-electron chi connectivity index (χ3n) is 8.60. The van der Waals surface area contributed by atoms with Gasteiger partial charge in [-0.05, 0) is 25.1 Å². The molecule has 10 atom stereocenters. The number of carbonyl (C=O) groups excluding carboxylic acids is 2. The number of ether oxygens (including phenoxy) is 7. The molecule has 0 aliphatic carbocycles. The molecule has 9 N–H and O–H groups in total. The van der Waals surface area contributed by atoms with E-state index in [0.717, 1.165) is 24.3 Å². The molecule has 0 radical (unpaired) electrons. The van der Waals surface area contributed by atoms with Gasteiger partial charge in [-0.25, -0.2) is 0 Å². The quantitative estimate of drug-likeness (QED) is 0.0413. The van der Waals surface area contributed by atoms with Crippen molar-refractivity contribution in [3.05, 3.63) is 40.6 Å². The van der Waals surface area contributed by atoms with Crippen LogP contribution in [0.15, 0.2) is 39.5 Å². The first-order valence-corrected chi connectivity index (χ1v) is 16.5. The van der Waals surface area contributed by atoms with Crippen LogP contribution in [0.25, 0.3) is 22.3 Å². The highest BCUT2D eigenvalue weighted by molar-refractivity contribution is 5.89. The maximum Gasteiger partial charge on any atom is 0.311 e. The highest BCUT2D eigenvalue weighted by atomic mass is 16.7. The molecular weight excluding hydrogens is 728 g/mol. The molecule has 0 unspecified atom stereocenters. The highest BCUT2D eigenvalue weighted by Gasteiger charge is 2.48. The first-order valence-electron chi connectivity index (χ1n) is 16.5. The van der Waals surface area contributed by atoms with Crippen LogP contribution in [0.4, 0.5) is 0 Å². The van der Waals surface area contributed by atoms with E-state index in [9.17, 15) is 60.3 Å². The molecule has 2 fully saturated rings. The van der Waals surface area contributed by atoms with E-state index in [1.54, 1.807) is 0 Å². The molecule has 5 rings (SSSR count). The summed E-state index contributed by atoms with van der Waals surface area (Å²) in [7, 11) is 1.42. The fourth-order valence-electron chi connectivity index (χ4n) is 5.58. The van der Waals surface area contributed by atoms with Crippen LogP contribution in [-0.2, 0) is 33.3 Å². The Hall–Kier alpha value is -4.61. The van der Waals surface area contributed by atoms with Crippen LogP contribution in [0, 0.1) is 0 Å². The van der Waals surface area contributed by atoms with Crippen molar-refractivity contribution in [1.29, 1.82) is 0 Å². The topological polar surface area (TPSA) is 311 Å². The van der Waals surface area contributed by atoms with Crippen molar-refractivity contribution < 1.29 is 93.1 Å². The van der Waals surface area contributed by atoms with Crippen LogP contribution in [0.1, 0.15) is 19.8 Å². The highest BCUT2D eigenvalue weighted by Crippen LogP contribution is 2.40. The van der Waals surface area contributed by atoms with E-state index in [-0.39, 0.29) is 36.5 Å². The van der Waals surface area contributed by atoms with E-state index < -0.39 is 126 Å². The van der Waals surface area contributed by atoms with Gasteiger partial charge < -0.3 is 83.5 Å². The molecule has 2 aliphatic heterocycles. The number of aliphatic hydroxyl groups excluding tert-OH is 6. The molecule has 2 aromatic carbocycles. The zero-order chi connectivity index (χ0) is 39.4. The Kier molecular flexibility index (Phi) is 13.0. The molecule has 0 saturated carbocycles. The second-order valence-electron chi connectivity index (χ2n) is 12.4. The third-order valence-corrected chi connectivity index (χ3v) is 8.60. The lowest BCUT2D eigenvalue weighted by Crippen LogP contribution is -2.61. The number of methoxy groups -OCH3 is 1. The fraction of sp³-hybridized carbons (Fsp3) is 0.500. The molecule has 20 heteroatoms. The van der Waals surface area contributed by atoms with E-state index in [0.29, 0.717) is 0 Å². The van der Waals surface area contributed by atoms with Crippen molar-refractivity contribution in [3.8, 4) is 40.1 Å². The molecule has 54 heavy (non-hydrogen) atoms. The van der Waals surface area contributed by atoms with E-state index in [2.05, 4.69) is 0 Å². The molecule has 0 amide bonds. The Balaban J connectivity index is 1.43. The number of fused-ring (bicyclic) bond motifs is 1. The van der Waals surface area contributed by atoms with Crippen molar-refractivity contribution in [2.75, 3.05) is 26.9 Å². The Morgan fingerprint density at radius 2 is 1.44 bits per heavy atom. The summed E-state index contributed by atoms with van der Waals surface area (Å²) < 4.78 is 43.1. The van der Waals surface area contributed by atoms with Crippen LogP contribution in [0.3, 0.4) is 0 Å². The largest absolute Gasteiger partial charge is 0.507 e. The maximum atomic E-state index is 14.0. The lowest BCUT2D eigenvalue weighted by atomic mass is 9.98. The minimum atomic E-state index is -2.03. The van der Waals surface area contributed by atoms with Crippen molar-refractivity contribution in [3.63, 3.8) is 0 Å². The maximum absolute atomic E-state index is 14.0. The fourth-order valence-corrected chi connectivity index (χ4v) is 5.58. The standard InChI is InChI=1S/C34H40O20/c1-13-24(40)27(43)29(45)33(50-13)49-12-20-25(41)28(44)30(46)34(53-20)54-32-26(42)23-18(37)10-15(51-22(39)6-5-21(38)48-8-7-47-2)11-19(23)52-31(32)14-3-4-16(35)17(36)9-14/h3-4,9-11,13,20,24-25,27-30,33-37,40-41,43-46H,5-8,12H2,1-2H3/t13-,20+,24-,25+,27+,28-,29+,30+,33+,34-/m0/s1. The van der Waals surface area contributed by atoms with Gasteiger partial charge in [0.05, 0.1) is 32.2 Å². The van der Waals surface area contributed by atoms with E-state index >= 15 is 0 Å². The van der Waals surface area contributed by atoms with Crippen LogP contribution in [0.5, 0.6) is 28.7 Å². The molecule has 0 bridgehead atoms. The number of carbonyl (C=O) groups is 2. The Bertz CT molecular complexity index is 1860. The molecule has 1 aromatic heterocycles. The summed E-state index contributed by atoms with van der Waals surface area (Å²) in [6.07, 6.45) is -17.4. The first-order chi connectivity index (χ1) is 25.6. The van der Waals surface area contributed by atoms with Gasteiger partial charge in [0.25, 0.3) is 0 Å². The lowest BCUT2D eigenvalue weighted by molar-refractivity contribution is -0.318. The number of esters is 2. The third kappa shape index (κ3) is 8.84. The molecular formula is C34H40O20. The first kappa shape index (κ1) is 40.6. The SMILES string of the molecule is COCCOC(=O)CCC(=O)Oc1cc(O)c2c(=O)c(O[C@@H]3O[C@H](CO[C@@H]4O[C@@H](C)[C@H](O)[C@@H](O)[C@H]4O)[C@@H](O)[C@H](O)[C@H]3O)c(-c3ccc(O)c(O)c3)oc2c1. The van der Waals surface area contributed by atoms with E-state index in [4.69, 9.17) is 37.6 Å². The number of rotatable bonds is 13. The smallest absolute Gasteiger partial charge is 0.311 e. The second kappa shape index (κ2) is 17.2. The second-order valence-corrected chi connectivity index (χ2v) is 12.4. The number of hydrogen-bond donors (Lipinski definition) is 9. The summed E-state index contributed by atoms with van der Waals surface area (Å²) in [5.74, 6) is -5.11. The van der Waals surface area contributed by atoms with E-state index in [1.807, 2.05) is 0 Å². The molecule has 20 nitrogen and oxygen atoms in total. The van der Waals surface area contributed by atoms with Crippen LogP contribution in [-0.4, -0.2) is 146 Å². The predicted octanol–water partition coefficient (Wildman–Crippen LogP) is -1.52. The number of hydrogen-bond acceptors (Lipinski definition) is 20. The average molecular weight is 769 g/mol. The number of phenolic OH excluding ortho intramolecular Hbond substituents is 3. The average Bonchev–Trinajstić information content (AvgIpc) is 3.13. The van der Waals surface area contributed by atoms with Crippen molar-refractivity contribution in [1.82, 2.24) is 0 Å². The number of benzene rings is 2. The van der Waals surface area contributed by atoms with Crippen molar-refractivity contribution >= 4 is 22.9 Å². The van der Waals surface area contributed by atoms with Crippen molar-refractivity contribution in [2.45, 2.75) is 81.2 Å². The summed E-state index contributed by atoms with van der Waals surface area (Å²) >= 11 is 0. The van der Waals surface area contributed by atoms with Gasteiger partial charge in [0.2, 0.25) is 17.5 Å². The molecule has 0 spiro atoms. The predicted molar refractivity (Wildman–Crippen MR) is 176 cm³/mol. The summed E-state index contributed by atoms with van der Waals surface area (Å²) in [4.78, 5) is 38.3. The van der Waals surface area contributed by atoms with E-state index in [1.165, 1.54) is 20.1 Å². The van der Waals surface area contributed by atoms with Gasteiger partial charge in [-0.2, -0.15) is 0 Å². The number of aliphatic hydroxyl groups is 6. The van der Waals surface area contributed by atoms with Crippen LogP contribution < -0.4 is 14.9 Å². The zero-order valence-corrected chi connectivity index (χ0v) is 28.7. The van der Waals surface area contributed by atoms with Gasteiger partial charge >= 0.3 is 11.9 Å². The Labute approximate surface area is 304 Å². The minimum absolute atomic E-state index is 0.0172. The number of phenols is 3. The molecule has 2 saturated heterocycles. The van der Waals surface area contributed by atoms with Crippen molar-refractivity contribution in [2.24, 2.45) is 0 Å². The Morgan fingerprint density at radius 3 is 2.15 bits per heavy atom. The Morgan fingerprint density at radius 1 is 0.759 bits per heavy atom. The summed E-state index contributed by atoms with van der Waals surface area (Å²) in [5.41, 5.74) is -1.58. The van der Waals surface area contributed by atoms with Gasteiger partial charge in [-0.3, -0.25) is 14.4 Å². The normalized spacial score (nSPS) is 28.4. The molecule has 296 valence electrons. The van der Waals surface area contributed by atoms with Gasteiger partial charge in [0.1, 0.15) is 71.8 Å². The van der Waals surface area contributed by atoms with Gasteiger partial charge in [-0.15, -0.1) is 0 Å². The molecule has 3 heterocycles. The molecule has 3 aromatic rings. The zero-order valence-electron chi connectivity index (χ0n) is 28.7. The minimum Gasteiger partial charge on any atom is -0.507 e. The van der Waals surface area contributed by atoms with Gasteiger partial charge in [-0.1, -0.05) is 0 Å². The monoisotopic (exact) mass is 768 g/mol. The van der Waals surface area contributed by atoms with Crippen LogP contribution >= 0.6 is 0 Å². The lowest BCUT2D eigenvalue weighted by Gasteiger charge is -2.42. The van der Waals surface area contributed by atoms with Crippen LogP contribution in [0.2, 0.25) is 0 Å².